The topological polar surface area (TPSA) is 43.4 Å². The Kier molecular flexibility index (Phi) is 4.33. The molecule has 0 aliphatic carbocycles. The van der Waals surface area contributed by atoms with Gasteiger partial charge in [-0.15, -0.1) is 0 Å². The fourth-order valence-corrected chi connectivity index (χ4v) is 1.97. The zero-order valence-corrected chi connectivity index (χ0v) is 11.6. The standard InChI is InChI=1S/C15H9ClF2O3/c1-8(19)21-13-6-5-9(7-11(13)15(16)20)10-3-2-4-12(17)14(10)18/h2-7H,1H3. The Morgan fingerprint density at radius 1 is 1.14 bits per heavy atom. The van der Waals surface area contributed by atoms with Crippen LogP contribution < -0.4 is 4.74 Å². The van der Waals surface area contributed by atoms with Crippen LogP contribution in [0.3, 0.4) is 0 Å². The lowest BCUT2D eigenvalue weighted by molar-refractivity contribution is -0.131. The molecule has 0 heterocycles. The lowest BCUT2D eigenvalue weighted by Crippen LogP contribution is -2.05. The molecular formula is C15H9ClF2O3. The second-order valence-electron chi connectivity index (χ2n) is 4.18. The van der Waals surface area contributed by atoms with E-state index in [-0.39, 0.29) is 22.4 Å². The minimum Gasteiger partial charge on any atom is -0.426 e. The van der Waals surface area contributed by atoms with Crippen molar-refractivity contribution in [1.82, 2.24) is 0 Å². The van der Waals surface area contributed by atoms with Gasteiger partial charge in [0.25, 0.3) is 5.24 Å². The van der Waals surface area contributed by atoms with Crippen LogP contribution in [0.2, 0.25) is 0 Å². The van der Waals surface area contributed by atoms with Crippen LogP contribution in [0.5, 0.6) is 5.75 Å². The van der Waals surface area contributed by atoms with E-state index in [0.29, 0.717) is 0 Å². The third-order valence-electron chi connectivity index (χ3n) is 2.71. The van der Waals surface area contributed by atoms with Crippen molar-refractivity contribution in [3.63, 3.8) is 0 Å². The van der Waals surface area contributed by atoms with Crippen molar-refractivity contribution in [3.8, 4) is 16.9 Å². The highest BCUT2D eigenvalue weighted by Crippen LogP contribution is 2.30. The normalized spacial score (nSPS) is 10.3. The van der Waals surface area contributed by atoms with Crippen molar-refractivity contribution < 1.29 is 23.1 Å². The SMILES string of the molecule is CC(=O)Oc1ccc(-c2cccc(F)c2F)cc1C(=O)Cl. The molecule has 0 saturated carbocycles. The van der Waals surface area contributed by atoms with Crippen molar-refractivity contribution >= 4 is 22.8 Å². The Morgan fingerprint density at radius 2 is 1.86 bits per heavy atom. The van der Waals surface area contributed by atoms with E-state index >= 15 is 0 Å². The number of esters is 1. The van der Waals surface area contributed by atoms with Crippen molar-refractivity contribution in [3.05, 3.63) is 53.6 Å². The van der Waals surface area contributed by atoms with Crippen LogP contribution in [0.4, 0.5) is 8.78 Å². The molecule has 2 rings (SSSR count). The molecule has 0 saturated heterocycles. The Balaban J connectivity index is 2.57. The summed E-state index contributed by atoms with van der Waals surface area (Å²) >= 11 is 5.42. The van der Waals surface area contributed by atoms with Gasteiger partial charge in [-0.3, -0.25) is 9.59 Å². The van der Waals surface area contributed by atoms with E-state index in [0.717, 1.165) is 6.07 Å². The molecule has 0 bridgehead atoms. The van der Waals surface area contributed by atoms with E-state index in [1.54, 1.807) is 0 Å². The van der Waals surface area contributed by atoms with E-state index in [2.05, 4.69) is 0 Å². The zero-order valence-electron chi connectivity index (χ0n) is 10.8. The summed E-state index contributed by atoms with van der Waals surface area (Å²) in [5.41, 5.74) is 0.114. The molecule has 0 unspecified atom stereocenters. The van der Waals surface area contributed by atoms with Crippen molar-refractivity contribution in [2.45, 2.75) is 6.92 Å². The smallest absolute Gasteiger partial charge is 0.308 e. The van der Waals surface area contributed by atoms with Crippen LogP contribution in [0.15, 0.2) is 36.4 Å². The van der Waals surface area contributed by atoms with Crippen LogP contribution in [0.1, 0.15) is 17.3 Å². The largest absolute Gasteiger partial charge is 0.426 e. The molecule has 0 N–H and O–H groups in total. The first kappa shape index (κ1) is 15.1. The lowest BCUT2D eigenvalue weighted by Gasteiger charge is -2.09. The van der Waals surface area contributed by atoms with Gasteiger partial charge in [-0.05, 0) is 35.4 Å². The second-order valence-corrected chi connectivity index (χ2v) is 4.52. The van der Waals surface area contributed by atoms with Crippen LogP contribution >= 0.6 is 11.6 Å². The maximum atomic E-state index is 13.8. The predicted molar refractivity (Wildman–Crippen MR) is 73.3 cm³/mol. The van der Waals surface area contributed by atoms with Crippen molar-refractivity contribution in [2.24, 2.45) is 0 Å². The zero-order chi connectivity index (χ0) is 15.6. The molecule has 2 aromatic carbocycles. The van der Waals surface area contributed by atoms with E-state index in [4.69, 9.17) is 16.3 Å². The summed E-state index contributed by atoms with van der Waals surface area (Å²) in [6.07, 6.45) is 0. The molecule has 0 aliphatic heterocycles. The molecule has 0 radical (unpaired) electrons. The molecule has 6 heteroatoms. The number of rotatable bonds is 3. The summed E-state index contributed by atoms with van der Waals surface area (Å²) in [4.78, 5) is 22.3. The molecule has 0 aliphatic rings. The Labute approximate surface area is 124 Å². The van der Waals surface area contributed by atoms with Crippen LogP contribution in [-0.2, 0) is 4.79 Å². The first-order chi connectivity index (χ1) is 9.90. The molecule has 0 spiro atoms. The summed E-state index contributed by atoms with van der Waals surface area (Å²) in [6, 6.07) is 7.64. The van der Waals surface area contributed by atoms with Gasteiger partial charge in [-0.2, -0.15) is 0 Å². The van der Waals surface area contributed by atoms with Crippen molar-refractivity contribution in [2.75, 3.05) is 0 Å². The van der Waals surface area contributed by atoms with Gasteiger partial charge in [-0.25, -0.2) is 8.78 Å². The van der Waals surface area contributed by atoms with Gasteiger partial charge in [0.1, 0.15) is 5.75 Å². The average Bonchev–Trinajstić information content (AvgIpc) is 2.41. The number of benzene rings is 2. The average molecular weight is 311 g/mol. The molecule has 0 atom stereocenters. The highest BCUT2D eigenvalue weighted by atomic mass is 35.5. The van der Waals surface area contributed by atoms with Crippen LogP contribution in [0.25, 0.3) is 11.1 Å². The quantitative estimate of drug-likeness (QED) is 0.490. The van der Waals surface area contributed by atoms with Crippen LogP contribution in [0, 0.1) is 11.6 Å². The molecule has 3 nitrogen and oxygen atoms in total. The first-order valence-electron chi connectivity index (χ1n) is 5.87. The summed E-state index contributed by atoms with van der Waals surface area (Å²) in [5, 5.41) is -0.870. The monoisotopic (exact) mass is 310 g/mol. The highest BCUT2D eigenvalue weighted by Gasteiger charge is 2.16. The number of hydrogen-bond donors (Lipinski definition) is 0. The maximum Gasteiger partial charge on any atom is 0.308 e. The Bertz CT molecular complexity index is 729. The number of ether oxygens (including phenoxy) is 1. The maximum absolute atomic E-state index is 13.8. The second kappa shape index (κ2) is 6.01. The fourth-order valence-electron chi connectivity index (χ4n) is 1.82. The number of carbonyl (C=O) groups is 2. The summed E-state index contributed by atoms with van der Waals surface area (Å²) in [6.45, 7) is 1.17. The van der Waals surface area contributed by atoms with Gasteiger partial charge < -0.3 is 4.74 Å². The van der Waals surface area contributed by atoms with Gasteiger partial charge in [0.15, 0.2) is 11.6 Å². The lowest BCUT2D eigenvalue weighted by atomic mass is 10.0. The minimum absolute atomic E-state index is 0.0245. The third kappa shape index (κ3) is 3.25. The van der Waals surface area contributed by atoms with Crippen LogP contribution in [-0.4, -0.2) is 11.2 Å². The molecule has 0 amide bonds. The van der Waals surface area contributed by atoms with E-state index in [1.165, 1.54) is 37.3 Å². The van der Waals surface area contributed by atoms with Gasteiger partial charge in [0.05, 0.1) is 5.56 Å². The third-order valence-corrected chi connectivity index (χ3v) is 2.91. The number of carbonyl (C=O) groups excluding carboxylic acids is 2. The fraction of sp³-hybridized carbons (Fsp3) is 0.0667. The van der Waals surface area contributed by atoms with E-state index < -0.39 is 22.8 Å². The molecule has 0 fully saturated rings. The summed E-state index contributed by atoms with van der Waals surface area (Å²) < 4.78 is 31.8. The summed E-state index contributed by atoms with van der Waals surface area (Å²) in [5.74, 6) is -2.71. The predicted octanol–water partition coefficient (Wildman–Crippen LogP) is 3.94. The van der Waals surface area contributed by atoms with Gasteiger partial charge in [-0.1, -0.05) is 18.2 Å². The summed E-state index contributed by atoms with van der Waals surface area (Å²) in [7, 11) is 0. The molecule has 21 heavy (non-hydrogen) atoms. The molecule has 2 aromatic rings. The number of halogens is 3. The Hall–Kier alpha value is -2.27. The molecule has 108 valence electrons. The minimum atomic E-state index is -1.04. The highest BCUT2D eigenvalue weighted by molar-refractivity contribution is 6.68. The van der Waals surface area contributed by atoms with Crippen molar-refractivity contribution in [1.29, 1.82) is 0 Å². The van der Waals surface area contributed by atoms with Gasteiger partial charge in [0, 0.05) is 12.5 Å². The van der Waals surface area contributed by atoms with Gasteiger partial charge >= 0.3 is 5.97 Å². The Morgan fingerprint density at radius 3 is 2.48 bits per heavy atom. The molecule has 0 aromatic heterocycles. The van der Waals surface area contributed by atoms with E-state index in [1.807, 2.05) is 0 Å². The number of hydrogen-bond acceptors (Lipinski definition) is 3. The van der Waals surface area contributed by atoms with Gasteiger partial charge in [0.2, 0.25) is 0 Å². The van der Waals surface area contributed by atoms with E-state index in [9.17, 15) is 18.4 Å². The first-order valence-corrected chi connectivity index (χ1v) is 6.24. The molecular weight excluding hydrogens is 302 g/mol.